The van der Waals surface area contributed by atoms with E-state index < -0.39 is 0 Å². The van der Waals surface area contributed by atoms with E-state index in [9.17, 15) is 4.79 Å². The molecule has 16 heavy (non-hydrogen) atoms. The number of rotatable bonds is 5. The fourth-order valence-corrected chi connectivity index (χ4v) is 2.47. The van der Waals surface area contributed by atoms with Crippen LogP contribution in [-0.4, -0.2) is 33.7 Å². The number of halogens is 1. The normalized spacial score (nSPS) is 10.8. The maximum Gasteiger partial charge on any atom is 0.266 e. The summed E-state index contributed by atoms with van der Waals surface area (Å²) in [6.45, 7) is 6.76. The quantitative estimate of drug-likeness (QED) is 0.783. The number of carbonyl (C=O) groups is 1. The van der Waals surface area contributed by atoms with Crippen molar-refractivity contribution in [3.63, 3.8) is 0 Å². The van der Waals surface area contributed by atoms with Crippen LogP contribution in [-0.2, 0) is 0 Å². The molecular weight excluding hydrogens is 288 g/mol. The third-order valence-electron chi connectivity index (χ3n) is 2.36. The Kier molecular flexibility index (Phi) is 5.41. The maximum atomic E-state index is 12.3. The molecule has 1 aromatic heterocycles. The van der Waals surface area contributed by atoms with Crippen molar-refractivity contribution in [2.45, 2.75) is 33.2 Å². The van der Waals surface area contributed by atoms with Gasteiger partial charge < -0.3 is 4.90 Å². The summed E-state index contributed by atoms with van der Waals surface area (Å²) in [5.74, 6) is 0.107. The fourth-order valence-electron chi connectivity index (χ4n) is 1.46. The third-order valence-corrected chi connectivity index (χ3v) is 3.83. The highest BCUT2D eigenvalue weighted by Gasteiger charge is 2.21. The van der Waals surface area contributed by atoms with Crippen LogP contribution in [0.25, 0.3) is 0 Å². The van der Waals surface area contributed by atoms with Crippen molar-refractivity contribution in [3.05, 3.63) is 16.1 Å². The minimum atomic E-state index is 0.107. The van der Waals surface area contributed by atoms with Gasteiger partial charge in [-0.25, -0.2) is 4.98 Å². The van der Waals surface area contributed by atoms with Crippen molar-refractivity contribution in [2.24, 2.45) is 0 Å². The second kappa shape index (κ2) is 6.35. The lowest BCUT2D eigenvalue weighted by atomic mass is 10.2. The molecule has 1 amide bonds. The Morgan fingerprint density at radius 3 is 2.75 bits per heavy atom. The third kappa shape index (κ3) is 3.28. The van der Waals surface area contributed by atoms with Crippen molar-refractivity contribution in [1.82, 2.24) is 9.88 Å². The van der Waals surface area contributed by atoms with Gasteiger partial charge in [-0.2, -0.15) is 0 Å². The number of amides is 1. The van der Waals surface area contributed by atoms with E-state index in [1.807, 2.05) is 25.7 Å². The molecule has 0 saturated heterocycles. The molecule has 90 valence electrons. The van der Waals surface area contributed by atoms with Gasteiger partial charge in [0.25, 0.3) is 5.91 Å². The number of nitrogens with zero attached hydrogens (tertiary/aromatic N) is 2. The average Bonchev–Trinajstić information content (AvgIpc) is 2.64. The highest BCUT2D eigenvalue weighted by molar-refractivity contribution is 9.09. The average molecular weight is 305 g/mol. The van der Waals surface area contributed by atoms with Crippen LogP contribution < -0.4 is 0 Å². The summed E-state index contributed by atoms with van der Waals surface area (Å²) >= 11 is 4.81. The Bertz CT molecular complexity index is 352. The zero-order valence-corrected chi connectivity index (χ0v) is 12.3. The topological polar surface area (TPSA) is 33.2 Å². The van der Waals surface area contributed by atoms with Gasteiger partial charge in [-0.05, 0) is 27.2 Å². The van der Waals surface area contributed by atoms with Gasteiger partial charge in [0.1, 0.15) is 4.88 Å². The number of aromatic nitrogens is 1. The lowest BCUT2D eigenvalue weighted by Crippen LogP contribution is -2.37. The van der Waals surface area contributed by atoms with E-state index in [1.54, 1.807) is 5.51 Å². The van der Waals surface area contributed by atoms with Crippen molar-refractivity contribution in [1.29, 1.82) is 0 Å². The van der Waals surface area contributed by atoms with E-state index in [-0.39, 0.29) is 11.9 Å². The second-order valence-electron chi connectivity index (χ2n) is 3.90. The largest absolute Gasteiger partial charge is 0.335 e. The Labute approximate surface area is 109 Å². The zero-order chi connectivity index (χ0) is 12.1. The molecule has 0 saturated carbocycles. The molecule has 5 heteroatoms. The van der Waals surface area contributed by atoms with E-state index in [0.717, 1.165) is 28.9 Å². The summed E-state index contributed by atoms with van der Waals surface area (Å²) in [6, 6.07) is 0.230. The van der Waals surface area contributed by atoms with Gasteiger partial charge in [0.2, 0.25) is 0 Å². The van der Waals surface area contributed by atoms with E-state index in [4.69, 9.17) is 0 Å². The number of hydrogen-bond acceptors (Lipinski definition) is 3. The first kappa shape index (κ1) is 13.6. The SMILES string of the molecule is Cc1ncsc1C(=O)N(CCCBr)C(C)C. The van der Waals surface area contributed by atoms with Crippen LogP contribution in [0.4, 0.5) is 0 Å². The Morgan fingerprint density at radius 2 is 2.31 bits per heavy atom. The molecule has 0 aliphatic rings. The summed E-state index contributed by atoms with van der Waals surface area (Å²) in [5.41, 5.74) is 2.56. The van der Waals surface area contributed by atoms with E-state index in [1.165, 1.54) is 11.3 Å². The Hall–Kier alpha value is -0.420. The van der Waals surface area contributed by atoms with Crippen molar-refractivity contribution >= 4 is 33.2 Å². The molecule has 0 aliphatic heterocycles. The van der Waals surface area contributed by atoms with Crippen LogP contribution in [0.2, 0.25) is 0 Å². The maximum absolute atomic E-state index is 12.3. The molecule has 0 aliphatic carbocycles. The second-order valence-corrected chi connectivity index (χ2v) is 5.55. The molecular formula is C11H17BrN2OS. The van der Waals surface area contributed by atoms with Crippen molar-refractivity contribution in [3.8, 4) is 0 Å². The number of carbonyl (C=O) groups excluding carboxylic acids is 1. The molecule has 1 aromatic rings. The summed E-state index contributed by atoms with van der Waals surface area (Å²) in [5, 5.41) is 0.922. The molecule has 0 atom stereocenters. The van der Waals surface area contributed by atoms with E-state index >= 15 is 0 Å². The summed E-state index contributed by atoms with van der Waals surface area (Å²) < 4.78 is 0. The smallest absolute Gasteiger partial charge is 0.266 e. The Balaban J connectivity index is 2.79. The first-order chi connectivity index (χ1) is 7.57. The first-order valence-electron chi connectivity index (χ1n) is 5.35. The van der Waals surface area contributed by atoms with E-state index in [2.05, 4.69) is 20.9 Å². The molecule has 0 spiro atoms. The van der Waals surface area contributed by atoms with Crippen LogP contribution in [0.3, 0.4) is 0 Å². The molecule has 3 nitrogen and oxygen atoms in total. The number of aryl methyl sites for hydroxylation is 1. The minimum absolute atomic E-state index is 0.107. The minimum Gasteiger partial charge on any atom is -0.335 e. The van der Waals surface area contributed by atoms with Gasteiger partial charge in [-0.1, -0.05) is 15.9 Å². The number of thiazole rings is 1. The number of hydrogen-bond donors (Lipinski definition) is 0. The van der Waals surface area contributed by atoms with Crippen LogP contribution in [0.15, 0.2) is 5.51 Å². The molecule has 0 fully saturated rings. The highest BCUT2D eigenvalue weighted by Crippen LogP contribution is 2.17. The van der Waals surface area contributed by atoms with E-state index in [0.29, 0.717) is 0 Å². The standard InChI is InChI=1S/C11H17BrN2OS/c1-8(2)14(6-4-5-12)11(15)10-9(3)13-7-16-10/h7-8H,4-6H2,1-3H3. The van der Waals surface area contributed by atoms with Crippen LogP contribution in [0.5, 0.6) is 0 Å². The lowest BCUT2D eigenvalue weighted by molar-refractivity contribution is 0.0711. The Morgan fingerprint density at radius 1 is 1.62 bits per heavy atom. The van der Waals surface area contributed by atoms with Gasteiger partial charge in [0, 0.05) is 17.9 Å². The highest BCUT2D eigenvalue weighted by atomic mass is 79.9. The van der Waals surface area contributed by atoms with Crippen LogP contribution in [0.1, 0.15) is 35.6 Å². The van der Waals surface area contributed by atoms with Gasteiger partial charge in [-0.15, -0.1) is 11.3 Å². The van der Waals surface area contributed by atoms with Gasteiger partial charge in [0.05, 0.1) is 11.2 Å². The van der Waals surface area contributed by atoms with Crippen molar-refractivity contribution in [2.75, 3.05) is 11.9 Å². The monoisotopic (exact) mass is 304 g/mol. The molecule has 0 radical (unpaired) electrons. The number of alkyl halides is 1. The first-order valence-corrected chi connectivity index (χ1v) is 7.35. The molecule has 1 heterocycles. The predicted octanol–water partition coefficient (Wildman–Crippen LogP) is 3.09. The molecule has 0 N–H and O–H groups in total. The summed E-state index contributed by atoms with van der Waals surface area (Å²) in [4.78, 5) is 19.0. The predicted molar refractivity (Wildman–Crippen MR) is 71.4 cm³/mol. The summed E-state index contributed by atoms with van der Waals surface area (Å²) in [6.07, 6.45) is 0.974. The summed E-state index contributed by atoms with van der Waals surface area (Å²) in [7, 11) is 0. The molecule has 0 bridgehead atoms. The van der Waals surface area contributed by atoms with Crippen LogP contribution in [0, 0.1) is 6.92 Å². The van der Waals surface area contributed by atoms with Crippen molar-refractivity contribution < 1.29 is 4.79 Å². The molecule has 1 rings (SSSR count). The van der Waals surface area contributed by atoms with Crippen LogP contribution >= 0.6 is 27.3 Å². The lowest BCUT2D eigenvalue weighted by Gasteiger charge is -2.26. The fraction of sp³-hybridized carbons (Fsp3) is 0.636. The van der Waals surface area contributed by atoms with Gasteiger partial charge in [0.15, 0.2) is 0 Å². The van der Waals surface area contributed by atoms with Gasteiger partial charge in [-0.3, -0.25) is 4.79 Å². The molecule has 0 unspecified atom stereocenters. The molecule has 0 aromatic carbocycles. The van der Waals surface area contributed by atoms with Gasteiger partial charge >= 0.3 is 0 Å². The zero-order valence-electron chi connectivity index (χ0n) is 9.86.